The average molecular weight is 358 g/mol. The average Bonchev–Trinajstić information content (AvgIpc) is 2.85. The first kappa shape index (κ1) is 17.4. The van der Waals surface area contributed by atoms with E-state index >= 15 is 0 Å². The summed E-state index contributed by atoms with van der Waals surface area (Å²) in [6.45, 7) is 3.72. The van der Waals surface area contributed by atoms with Crippen LogP contribution in [0.15, 0.2) is 34.2 Å². The lowest BCUT2D eigenvalue weighted by Crippen LogP contribution is -2.21. The number of hydrazone groups is 1. The van der Waals surface area contributed by atoms with E-state index in [1.54, 1.807) is 0 Å². The molecule has 1 aromatic carbocycles. The van der Waals surface area contributed by atoms with E-state index in [1.165, 1.54) is 23.6 Å². The van der Waals surface area contributed by atoms with Crippen LogP contribution in [-0.2, 0) is 0 Å². The zero-order valence-corrected chi connectivity index (χ0v) is 15.1. The molecular weight excluding hydrogens is 336 g/mol. The maximum absolute atomic E-state index is 12.2. The quantitative estimate of drug-likeness (QED) is 0.653. The summed E-state index contributed by atoms with van der Waals surface area (Å²) in [7, 11) is 0. The van der Waals surface area contributed by atoms with E-state index in [2.05, 4.69) is 10.1 Å². The highest BCUT2D eigenvalue weighted by Crippen LogP contribution is 2.19. The summed E-state index contributed by atoms with van der Waals surface area (Å²) in [4.78, 5) is 14.8. The number of aromatic hydroxyl groups is 1. The molecule has 132 valence electrons. The Morgan fingerprint density at radius 3 is 2.44 bits per heavy atom. The second-order valence-electron chi connectivity index (χ2n) is 6.28. The number of rotatable bonds is 3. The molecule has 0 aliphatic carbocycles. The molecule has 0 radical (unpaired) electrons. The van der Waals surface area contributed by atoms with Crippen molar-refractivity contribution in [1.29, 1.82) is 0 Å². The number of nitrogens with zero attached hydrogens (tertiary/aromatic N) is 3. The number of hydrogen-bond donors (Lipinski definition) is 2. The highest BCUT2D eigenvalue weighted by atomic mass is 32.1. The molecule has 3 rings (SSSR count). The van der Waals surface area contributed by atoms with Crippen molar-refractivity contribution in [1.82, 2.24) is 14.6 Å². The number of aryl methyl sites for hydroxylation is 1. The number of aromatic amines is 1. The Kier molecular flexibility index (Phi) is 5.33. The van der Waals surface area contributed by atoms with Crippen molar-refractivity contribution in [2.24, 2.45) is 5.10 Å². The molecule has 2 heterocycles. The van der Waals surface area contributed by atoms with Crippen molar-refractivity contribution in [3.63, 3.8) is 0 Å². The van der Waals surface area contributed by atoms with E-state index in [1.807, 2.05) is 36.2 Å². The van der Waals surface area contributed by atoms with Gasteiger partial charge >= 0.3 is 0 Å². The predicted molar refractivity (Wildman–Crippen MR) is 101 cm³/mol. The highest BCUT2D eigenvalue weighted by Gasteiger charge is 2.13. The normalized spacial score (nSPS) is 15.5. The Hall–Kier alpha value is -2.41. The van der Waals surface area contributed by atoms with Gasteiger partial charge in [0.2, 0.25) is 5.88 Å². The van der Waals surface area contributed by atoms with Crippen LogP contribution in [0.25, 0.3) is 5.69 Å². The molecule has 1 fully saturated rings. The van der Waals surface area contributed by atoms with Gasteiger partial charge in [0.25, 0.3) is 5.56 Å². The minimum Gasteiger partial charge on any atom is -0.494 e. The van der Waals surface area contributed by atoms with Gasteiger partial charge in [0.05, 0.1) is 11.9 Å². The lowest BCUT2D eigenvalue weighted by molar-refractivity contribution is 0.302. The third kappa shape index (κ3) is 3.99. The summed E-state index contributed by atoms with van der Waals surface area (Å²) in [5, 5.41) is 17.0. The van der Waals surface area contributed by atoms with E-state index in [-0.39, 0.29) is 16.2 Å². The van der Waals surface area contributed by atoms with Crippen LogP contribution in [0.1, 0.15) is 36.8 Å². The molecule has 0 spiro atoms. The zero-order chi connectivity index (χ0) is 17.8. The topological polar surface area (TPSA) is 73.6 Å². The highest BCUT2D eigenvalue weighted by molar-refractivity contribution is 7.71. The van der Waals surface area contributed by atoms with Crippen LogP contribution in [0.3, 0.4) is 0 Å². The second kappa shape index (κ2) is 7.65. The molecule has 1 saturated heterocycles. The zero-order valence-electron chi connectivity index (χ0n) is 14.2. The minimum absolute atomic E-state index is 0.110. The predicted octanol–water partition coefficient (Wildman–Crippen LogP) is 3.12. The number of hydrogen-bond acceptors (Lipinski definition) is 5. The van der Waals surface area contributed by atoms with Crippen molar-refractivity contribution >= 4 is 18.4 Å². The minimum atomic E-state index is -0.440. The molecular formula is C18H22N4O2S. The third-order valence-corrected chi connectivity index (χ3v) is 4.63. The van der Waals surface area contributed by atoms with Crippen LogP contribution in [0.4, 0.5) is 0 Å². The molecule has 2 aromatic rings. The SMILES string of the molecule is Cc1ccc(-n2c(O)c(C=NN3CCCCCC3)c(=O)[nH]c2=S)cc1. The van der Waals surface area contributed by atoms with Crippen molar-refractivity contribution in [2.75, 3.05) is 13.1 Å². The van der Waals surface area contributed by atoms with Crippen LogP contribution >= 0.6 is 12.2 Å². The fourth-order valence-electron chi connectivity index (χ4n) is 2.90. The first-order valence-corrected chi connectivity index (χ1v) is 8.91. The van der Waals surface area contributed by atoms with Crippen LogP contribution in [-0.4, -0.2) is 39.0 Å². The molecule has 7 heteroatoms. The van der Waals surface area contributed by atoms with Gasteiger partial charge in [-0.15, -0.1) is 0 Å². The molecule has 0 atom stereocenters. The molecule has 0 saturated carbocycles. The van der Waals surface area contributed by atoms with E-state index in [0.717, 1.165) is 31.5 Å². The van der Waals surface area contributed by atoms with Gasteiger partial charge in [-0.25, -0.2) is 0 Å². The smallest absolute Gasteiger partial charge is 0.264 e. The van der Waals surface area contributed by atoms with Gasteiger partial charge in [-0.05, 0) is 44.1 Å². The molecule has 0 unspecified atom stereocenters. The van der Waals surface area contributed by atoms with Gasteiger partial charge in [-0.3, -0.25) is 19.4 Å². The Morgan fingerprint density at radius 2 is 1.80 bits per heavy atom. The molecule has 2 N–H and O–H groups in total. The summed E-state index contributed by atoms with van der Waals surface area (Å²) >= 11 is 5.22. The van der Waals surface area contributed by atoms with Gasteiger partial charge in [0.1, 0.15) is 5.56 Å². The lowest BCUT2D eigenvalue weighted by atomic mass is 10.2. The number of benzene rings is 1. The van der Waals surface area contributed by atoms with E-state index in [0.29, 0.717) is 5.69 Å². The van der Waals surface area contributed by atoms with Crippen LogP contribution < -0.4 is 5.56 Å². The molecule has 6 nitrogen and oxygen atoms in total. The van der Waals surface area contributed by atoms with E-state index < -0.39 is 5.56 Å². The molecule has 0 amide bonds. The van der Waals surface area contributed by atoms with Crippen LogP contribution in [0.5, 0.6) is 5.88 Å². The lowest BCUT2D eigenvalue weighted by Gasteiger charge is -2.16. The molecule has 25 heavy (non-hydrogen) atoms. The van der Waals surface area contributed by atoms with Crippen molar-refractivity contribution in [3.8, 4) is 11.6 Å². The van der Waals surface area contributed by atoms with Crippen LogP contribution in [0.2, 0.25) is 0 Å². The number of H-pyrrole nitrogens is 1. The van der Waals surface area contributed by atoms with Gasteiger partial charge in [-0.2, -0.15) is 5.10 Å². The summed E-state index contributed by atoms with van der Waals surface area (Å²) < 4.78 is 1.60. The van der Waals surface area contributed by atoms with Gasteiger partial charge < -0.3 is 5.11 Å². The van der Waals surface area contributed by atoms with Crippen LogP contribution in [0, 0.1) is 11.7 Å². The maximum Gasteiger partial charge on any atom is 0.264 e. The van der Waals surface area contributed by atoms with Crippen molar-refractivity contribution in [2.45, 2.75) is 32.6 Å². The Morgan fingerprint density at radius 1 is 1.16 bits per heavy atom. The monoisotopic (exact) mass is 358 g/mol. The van der Waals surface area contributed by atoms with Gasteiger partial charge in [0.15, 0.2) is 4.77 Å². The van der Waals surface area contributed by atoms with Gasteiger partial charge in [-0.1, -0.05) is 30.5 Å². The standard InChI is InChI=1S/C18H22N4O2S/c1-13-6-8-14(9-7-13)22-17(24)15(16(23)20-18(22)25)12-19-21-10-4-2-3-5-11-21/h6-9,12,24H,2-5,10-11H2,1H3,(H,20,23,25). The molecule has 1 aliphatic rings. The Balaban J connectivity index is 1.99. The molecule has 1 aromatic heterocycles. The second-order valence-corrected chi connectivity index (χ2v) is 6.67. The summed E-state index contributed by atoms with van der Waals surface area (Å²) in [6, 6.07) is 7.54. The number of aromatic nitrogens is 2. The Labute approximate surface area is 151 Å². The van der Waals surface area contributed by atoms with E-state index in [9.17, 15) is 9.90 Å². The Bertz CT molecular complexity index is 875. The number of nitrogens with one attached hydrogen (secondary N) is 1. The molecule has 1 aliphatic heterocycles. The van der Waals surface area contributed by atoms with Crippen molar-refractivity contribution < 1.29 is 5.11 Å². The first-order chi connectivity index (χ1) is 12.1. The maximum atomic E-state index is 12.2. The molecule has 0 bridgehead atoms. The third-order valence-electron chi connectivity index (χ3n) is 4.35. The first-order valence-electron chi connectivity index (χ1n) is 8.50. The fourth-order valence-corrected chi connectivity index (χ4v) is 3.18. The largest absolute Gasteiger partial charge is 0.494 e. The van der Waals surface area contributed by atoms with E-state index in [4.69, 9.17) is 12.2 Å². The van der Waals surface area contributed by atoms with Gasteiger partial charge in [0, 0.05) is 13.1 Å². The summed E-state index contributed by atoms with van der Waals surface area (Å²) in [5.41, 5.74) is 1.46. The summed E-state index contributed by atoms with van der Waals surface area (Å²) in [6.07, 6.45) is 6.02. The fraction of sp³-hybridized carbons (Fsp3) is 0.389. The summed E-state index contributed by atoms with van der Waals surface area (Å²) in [5.74, 6) is -0.198. The van der Waals surface area contributed by atoms with Crippen molar-refractivity contribution in [3.05, 3.63) is 50.5 Å².